The number of likely N-dealkylation sites (tertiary alicyclic amines) is 1. The lowest BCUT2D eigenvalue weighted by Crippen LogP contribution is -2.59. The molecule has 1 rings (SSSR count). The fourth-order valence-electron chi connectivity index (χ4n) is 2.68. The Morgan fingerprint density at radius 1 is 1.21 bits per heavy atom. The predicted molar refractivity (Wildman–Crippen MR) is 78.1 cm³/mol. The van der Waals surface area contributed by atoms with Crippen molar-refractivity contribution in [1.82, 2.24) is 10.2 Å². The molecule has 1 saturated heterocycles. The van der Waals surface area contributed by atoms with E-state index in [0.717, 1.165) is 39.0 Å². The van der Waals surface area contributed by atoms with Crippen LogP contribution in [0.2, 0.25) is 0 Å². The first-order chi connectivity index (χ1) is 8.89. The molecule has 0 amide bonds. The van der Waals surface area contributed by atoms with Crippen molar-refractivity contribution < 1.29 is 9.53 Å². The van der Waals surface area contributed by atoms with Gasteiger partial charge in [0.15, 0.2) is 0 Å². The van der Waals surface area contributed by atoms with Gasteiger partial charge in [0, 0.05) is 19.6 Å². The maximum Gasteiger partial charge on any atom is 0.326 e. The van der Waals surface area contributed by atoms with Crippen LogP contribution in [0.4, 0.5) is 0 Å². The number of carbonyl (C=O) groups excluding carboxylic acids is 1. The van der Waals surface area contributed by atoms with Gasteiger partial charge in [0.2, 0.25) is 0 Å². The highest BCUT2D eigenvalue weighted by molar-refractivity contribution is 5.81. The Balaban J connectivity index is 2.61. The van der Waals surface area contributed by atoms with Gasteiger partial charge in [-0.15, -0.1) is 0 Å². The van der Waals surface area contributed by atoms with Crippen LogP contribution in [-0.2, 0) is 9.53 Å². The van der Waals surface area contributed by atoms with E-state index in [9.17, 15) is 4.79 Å². The Labute approximate surface area is 117 Å². The van der Waals surface area contributed by atoms with Crippen LogP contribution in [0.3, 0.4) is 0 Å². The average molecular weight is 270 g/mol. The van der Waals surface area contributed by atoms with Gasteiger partial charge in [-0.25, -0.2) is 0 Å². The molecule has 0 aromatic heterocycles. The van der Waals surface area contributed by atoms with E-state index in [4.69, 9.17) is 4.74 Å². The number of hydrogen-bond acceptors (Lipinski definition) is 4. The molecule has 1 aliphatic heterocycles. The molecule has 0 atom stereocenters. The SMILES string of the molecule is COC(=O)C1(NCC(C)C)CCN(CC(C)C)CC1. The van der Waals surface area contributed by atoms with Crippen LogP contribution in [0, 0.1) is 11.8 Å². The summed E-state index contributed by atoms with van der Waals surface area (Å²) in [6.07, 6.45) is 1.69. The van der Waals surface area contributed by atoms with E-state index in [2.05, 4.69) is 37.9 Å². The third-order valence-electron chi connectivity index (χ3n) is 3.76. The summed E-state index contributed by atoms with van der Waals surface area (Å²) in [4.78, 5) is 14.6. The molecule has 1 heterocycles. The van der Waals surface area contributed by atoms with E-state index < -0.39 is 5.54 Å². The van der Waals surface area contributed by atoms with Crippen molar-refractivity contribution in [2.45, 2.75) is 46.1 Å². The van der Waals surface area contributed by atoms with E-state index in [1.807, 2.05) is 0 Å². The maximum atomic E-state index is 12.1. The Morgan fingerprint density at radius 2 is 1.79 bits per heavy atom. The molecule has 4 heteroatoms. The van der Waals surface area contributed by atoms with Crippen LogP contribution in [0.5, 0.6) is 0 Å². The zero-order chi connectivity index (χ0) is 14.5. The summed E-state index contributed by atoms with van der Waals surface area (Å²) in [7, 11) is 1.49. The Hall–Kier alpha value is -0.610. The van der Waals surface area contributed by atoms with Crippen molar-refractivity contribution in [2.75, 3.05) is 33.3 Å². The van der Waals surface area contributed by atoms with Crippen LogP contribution in [0.25, 0.3) is 0 Å². The maximum absolute atomic E-state index is 12.1. The van der Waals surface area contributed by atoms with Gasteiger partial charge in [0.05, 0.1) is 7.11 Å². The molecule has 1 fully saturated rings. The molecule has 4 nitrogen and oxygen atoms in total. The Bertz CT molecular complexity index is 282. The van der Waals surface area contributed by atoms with Gasteiger partial charge in [-0.3, -0.25) is 4.79 Å². The van der Waals surface area contributed by atoms with Gasteiger partial charge in [-0.05, 0) is 31.2 Å². The van der Waals surface area contributed by atoms with E-state index in [1.165, 1.54) is 7.11 Å². The van der Waals surface area contributed by atoms with Crippen LogP contribution < -0.4 is 5.32 Å². The van der Waals surface area contributed by atoms with Crippen molar-refractivity contribution in [3.63, 3.8) is 0 Å². The number of esters is 1. The van der Waals surface area contributed by atoms with E-state index in [0.29, 0.717) is 11.8 Å². The molecule has 1 N–H and O–H groups in total. The number of nitrogens with one attached hydrogen (secondary N) is 1. The largest absolute Gasteiger partial charge is 0.468 e. The molecule has 19 heavy (non-hydrogen) atoms. The lowest BCUT2D eigenvalue weighted by Gasteiger charge is -2.41. The second-order valence-electron chi connectivity index (χ2n) is 6.54. The zero-order valence-corrected chi connectivity index (χ0v) is 13.2. The molecule has 0 aliphatic carbocycles. The number of rotatable bonds is 6. The molecular weight excluding hydrogens is 240 g/mol. The number of nitrogens with zero attached hydrogens (tertiary/aromatic N) is 1. The number of hydrogen-bond donors (Lipinski definition) is 1. The quantitative estimate of drug-likeness (QED) is 0.749. The second kappa shape index (κ2) is 7.25. The van der Waals surface area contributed by atoms with Gasteiger partial charge in [-0.1, -0.05) is 27.7 Å². The van der Waals surface area contributed by atoms with Crippen LogP contribution in [0.15, 0.2) is 0 Å². The van der Waals surface area contributed by atoms with Crippen molar-refractivity contribution in [1.29, 1.82) is 0 Å². The highest BCUT2D eigenvalue weighted by Gasteiger charge is 2.42. The van der Waals surface area contributed by atoms with Crippen LogP contribution in [-0.4, -0.2) is 49.7 Å². The third kappa shape index (κ3) is 4.77. The molecule has 0 bridgehead atoms. The number of methoxy groups -OCH3 is 1. The minimum Gasteiger partial charge on any atom is -0.468 e. The number of piperidine rings is 1. The fraction of sp³-hybridized carbons (Fsp3) is 0.933. The minimum absolute atomic E-state index is 0.0997. The van der Waals surface area contributed by atoms with E-state index in [1.54, 1.807) is 0 Å². The summed E-state index contributed by atoms with van der Waals surface area (Å²) < 4.78 is 5.02. The van der Waals surface area contributed by atoms with Crippen molar-refractivity contribution in [3.05, 3.63) is 0 Å². The van der Waals surface area contributed by atoms with Crippen molar-refractivity contribution in [2.24, 2.45) is 11.8 Å². The molecule has 0 aromatic rings. The molecule has 112 valence electrons. The average Bonchev–Trinajstić information content (AvgIpc) is 2.36. The summed E-state index contributed by atoms with van der Waals surface area (Å²) in [6, 6.07) is 0. The summed E-state index contributed by atoms with van der Waals surface area (Å²) in [5.74, 6) is 1.11. The van der Waals surface area contributed by atoms with Crippen molar-refractivity contribution in [3.8, 4) is 0 Å². The monoisotopic (exact) mass is 270 g/mol. The zero-order valence-electron chi connectivity index (χ0n) is 13.2. The molecule has 0 unspecified atom stereocenters. The van der Waals surface area contributed by atoms with E-state index in [-0.39, 0.29) is 5.97 Å². The topological polar surface area (TPSA) is 41.6 Å². The minimum atomic E-state index is -0.466. The summed E-state index contributed by atoms with van der Waals surface area (Å²) in [5, 5.41) is 3.46. The molecule has 0 aromatic carbocycles. The fourth-order valence-corrected chi connectivity index (χ4v) is 2.68. The normalized spacial score (nSPS) is 19.9. The molecule has 1 aliphatic rings. The molecule has 0 spiro atoms. The standard InChI is InChI=1S/C15H30N2O2/c1-12(2)10-16-15(14(18)19-5)6-8-17(9-7-15)11-13(3)4/h12-13,16H,6-11H2,1-5H3. The van der Waals surface area contributed by atoms with Crippen LogP contribution in [0.1, 0.15) is 40.5 Å². The molecular formula is C15H30N2O2. The van der Waals surface area contributed by atoms with Gasteiger partial charge >= 0.3 is 5.97 Å². The number of carbonyl (C=O) groups is 1. The lowest BCUT2D eigenvalue weighted by atomic mass is 9.86. The first-order valence-electron chi connectivity index (χ1n) is 7.45. The van der Waals surface area contributed by atoms with Gasteiger partial charge in [0.1, 0.15) is 5.54 Å². The Morgan fingerprint density at radius 3 is 2.21 bits per heavy atom. The second-order valence-corrected chi connectivity index (χ2v) is 6.54. The summed E-state index contributed by atoms with van der Waals surface area (Å²) in [5.41, 5.74) is -0.466. The van der Waals surface area contributed by atoms with Crippen molar-refractivity contribution >= 4 is 5.97 Å². The van der Waals surface area contributed by atoms with Gasteiger partial charge in [-0.2, -0.15) is 0 Å². The Kier molecular flexibility index (Phi) is 6.27. The highest BCUT2D eigenvalue weighted by Crippen LogP contribution is 2.24. The predicted octanol–water partition coefficient (Wildman–Crippen LogP) is 1.90. The summed E-state index contributed by atoms with van der Waals surface area (Å²) >= 11 is 0. The first-order valence-corrected chi connectivity index (χ1v) is 7.45. The third-order valence-corrected chi connectivity index (χ3v) is 3.76. The van der Waals surface area contributed by atoms with E-state index >= 15 is 0 Å². The lowest BCUT2D eigenvalue weighted by molar-refractivity contribution is -0.151. The smallest absolute Gasteiger partial charge is 0.326 e. The molecule has 0 saturated carbocycles. The first kappa shape index (κ1) is 16.4. The number of ether oxygens (including phenoxy) is 1. The van der Waals surface area contributed by atoms with Gasteiger partial charge in [0.25, 0.3) is 0 Å². The van der Waals surface area contributed by atoms with Crippen LogP contribution >= 0.6 is 0 Å². The summed E-state index contributed by atoms with van der Waals surface area (Å²) in [6.45, 7) is 12.7. The molecule has 0 radical (unpaired) electrons. The van der Waals surface area contributed by atoms with Gasteiger partial charge < -0.3 is 15.0 Å². The highest BCUT2D eigenvalue weighted by atomic mass is 16.5.